The van der Waals surface area contributed by atoms with Gasteiger partial charge in [0.05, 0.1) is 16.0 Å². The van der Waals surface area contributed by atoms with Gasteiger partial charge in [0.25, 0.3) is 0 Å². The highest BCUT2D eigenvalue weighted by molar-refractivity contribution is 9.10. The molecule has 0 radical (unpaired) electrons. The van der Waals surface area contributed by atoms with Crippen LogP contribution in [0.15, 0.2) is 16.7 Å². The van der Waals surface area contributed by atoms with Crippen molar-refractivity contribution in [2.75, 3.05) is 18.0 Å². The van der Waals surface area contributed by atoms with Crippen molar-refractivity contribution in [3.8, 4) is 12.3 Å². The summed E-state index contributed by atoms with van der Waals surface area (Å²) in [5.41, 5.74) is 0. The lowest BCUT2D eigenvalue weighted by molar-refractivity contribution is 0.889. The minimum absolute atomic E-state index is 0.545. The first-order valence-electron chi connectivity index (χ1n) is 4.18. The van der Waals surface area contributed by atoms with Gasteiger partial charge in [-0.3, -0.25) is 0 Å². The Hall–Kier alpha value is -0.720. The monoisotopic (exact) mass is 272 g/mol. The highest BCUT2D eigenvalue weighted by Gasteiger charge is 2.08. The number of aromatic nitrogens is 1. The van der Waals surface area contributed by atoms with Gasteiger partial charge in [0.2, 0.25) is 0 Å². The second-order valence-corrected chi connectivity index (χ2v) is 3.97. The first-order valence-corrected chi connectivity index (χ1v) is 5.35. The molecule has 0 unspecified atom stereocenters. The molecule has 0 saturated heterocycles. The van der Waals surface area contributed by atoms with Gasteiger partial charge in [0, 0.05) is 12.7 Å². The van der Waals surface area contributed by atoms with Crippen LogP contribution in [0.25, 0.3) is 0 Å². The van der Waals surface area contributed by atoms with E-state index in [0.29, 0.717) is 11.6 Å². The summed E-state index contributed by atoms with van der Waals surface area (Å²) in [6.07, 6.45) is 6.87. The summed E-state index contributed by atoms with van der Waals surface area (Å²) in [5.74, 6) is 3.42. The molecule has 0 aliphatic carbocycles. The van der Waals surface area contributed by atoms with E-state index in [1.54, 1.807) is 6.20 Å². The third-order valence-corrected chi connectivity index (χ3v) is 2.54. The molecule has 0 atom stereocenters. The normalized spacial score (nSPS) is 9.57. The van der Waals surface area contributed by atoms with Crippen LogP contribution >= 0.6 is 27.5 Å². The van der Waals surface area contributed by atoms with Gasteiger partial charge in [-0.15, -0.1) is 6.42 Å². The third-order valence-electron chi connectivity index (χ3n) is 1.75. The van der Waals surface area contributed by atoms with Crippen molar-refractivity contribution in [1.29, 1.82) is 0 Å². The van der Waals surface area contributed by atoms with Crippen LogP contribution in [0.3, 0.4) is 0 Å². The quantitative estimate of drug-likeness (QED) is 0.787. The van der Waals surface area contributed by atoms with Crippen LogP contribution in [0.5, 0.6) is 0 Å². The molecule has 1 heterocycles. The first kappa shape index (κ1) is 11.4. The number of rotatable bonds is 3. The average Bonchev–Trinajstić information content (AvgIpc) is 2.15. The first-order chi connectivity index (χ1) is 6.69. The zero-order valence-corrected chi connectivity index (χ0v) is 10.1. The summed E-state index contributed by atoms with van der Waals surface area (Å²) < 4.78 is 0.863. The fourth-order valence-electron chi connectivity index (χ4n) is 1.09. The van der Waals surface area contributed by atoms with Crippen molar-refractivity contribution in [3.05, 3.63) is 21.8 Å². The second-order valence-electron chi connectivity index (χ2n) is 2.68. The molecule has 0 aliphatic heterocycles. The lowest BCUT2D eigenvalue weighted by Gasteiger charge is -2.20. The maximum absolute atomic E-state index is 5.79. The van der Waals surface area contributed by atoms with Crippen molar-refractivity contribution < 1.29 is 0 Å². The van der Waals surface area contributed by atoms with Crippen molar-refractivity contribution in [2.24, 2.45) is 0 Å². The van der Waals surface area contributed by atoms with Gasteiger partial charge in [-0.25, -0.2) is 4.98 Å². The summed E-state index contributed by atoms with van der Waals surface area (Å²) in [4.78, 5) is 6.21. The van der Waals surface area contributed by atoms with Crippen LogP contribution in [-0.2, 0) is 0 Å². The minimum atomic E-state index is 0.545. The number of terminal acetylenes is 1. The molecule has 0 fully saturated rings. The zero-order valence-electron chi connectivity index (χ0n) is 7.80. The average molecular weight is 274 g/mol. The van der Waals surface area contributed by atoms with E-state index < -0.39 is 0 Å². The van der Waals surface area contributed by atoms with Gasteiger partial charge < -0.3 is 4.90 Å². The topological polar surface area (TPSA) is 16.1 Å². The summed E-state index contributed by atoms with van der Waals surface area (Å²) in [6, 6.07) is 1.81. The molecule has 4 heteroatoms. The van der Waals surface area contributed by atoms with Crippen LogP contribution in [0.1, 0.15) is 6.92 Å². The van der Waals surface area contributed by atoms with E-state index in [1.165, 1.54) is 0 Å². The number of hydrogen-bond acceptors (Lipinski definition) is 2. The van der Waals surface area contributed by atoms with E-state index >= 15 is 0 Å². The molecule has 0 saturated carbocycles. The predicted molar refractivity (Wildman–Crippen MR) is 63.7 cm³/mol. The largest absolute Gasteiger partial charge is 0.345 e. The molecule has 2 nitrogen and oxygen atoms in total. The highest BCUT2D eigenvalue weighted by Crippen LogP contribution is 2.25. The van der Waals surface area contributed by atoms with Crippen molar-refractivity contribution in [3.63, 3.8) is 0 Å². The SMILES string of the molecule is C#CCN(CC)c1ncc(Cl)cc1Br. The van der Waals surface area contributed by atoms with Gasteiger partial charge in [-0.1, -0.05) is 17.5 Å². The molecule has 0 bridgehead atoms. The predicted octanol–water partition coefficient (Wildman–Crippen LogP) is 2.96. The van der Waals surface area contributed by atoms with Gasteiger partial charge >= 0.3 is 0 Å². The molecular weight excluding hydrogens is 263 g/mol. The molecule has 14 heavy (non-hydrogen) atoms. The van der Waals surface area contributed by atoms with E-state index in [0.717, 1.165) is 16.8 Å². The Morgan fingerprint density at radius 1 is 1.71 bits per heavy atom. The number of anilines is 1. The van der Waals surface area contributed by atoms with Gasteiger partial charge in [-0.2, -0.15) is 0 Å². The smallest absolute Gasteiger partial charge is 0.143 e. The Bertz CT molecular complexity index is 360. The Morgan fingerprint density at radius 2 is 2.43 bits per heavy atom. The molecule has 1 aromatic heterocycles. The van der Waals surface area contributed by atoms with Gasteiger partial charge in [0.15, 0.2) is 0 Å². The van der Waals surface area contributed by atoms with E-state index in [4.69, 9.17) is 18.0 Å². The fourth-order valence-corrected chi connectivity index (χ4v) is 1.98. The Morgan fingerprint density at radius 3 is 2.93 bits per heavy atom. The minimum Gasteiger partial charge on any atom is -0.345 e. The van der Waals surface area contributed by atoms with Gasteiger partial charge in [-0.05, 0) is 28.9 Å². The van der Waals surface area contributed by atoms with Crippen molar-refractivity contribution in [2.45, 2.75) is 6.92 Å². The van der Waals surface area contributed by atoms with Crippen molar-refractivity contribution in [1.82, 2.24) is 4.98 Å². The summed E-state index contributed by atoms with van der Waals surface area (Å²) >= 11 is 9.19. The van der Waals surface area contributed by atoms with Crippen LogP contribution in [0, 0.1) is 12.3 Å². The summed E-state index contributed by atoms with van der Waals surface area (Å²) in [5, 5.41) is 0.609. The molecule has 74 valence electrons. The number of halogens is 2. The molecule has 1 rings (SSSR count). The maximum atomic E-state index is 5.79. The maximum Gasteiger partial charge on any atom is 0.143 e. The third kappa shape index (κ3) is 2.63. The van der Waals surface area contributed by atoms with Crippen LogP contribution in [0.2, 0.25) is 5.02 Å². The lowest BCUT2D eigenvalue weighted by Crippen LogP contribution is -2.24. The molecule has 0 N–H and O–H groups in total. The summed E-state index contributed by atoms with van der Waals surface area (Å²) in [7, 11) is 0. The molecular formula is C10H10BrClN2. The molecule has 0 aromatic carbocycles. The second kappa shape index (κ2) is 5.23. The molecule has 1 aromatic rings. The number of nitrogens with zero attached hydrogens (tertiary/aromatic N) is 2. The van der Waals surface area contributed by atoms with Crippen molar-refractivity contribution >= 4 is 33.3 Å². The molecule has 0 amide bonds. The zero-order chi connectivity index (χ0) is 10.6. The van der Waals surface area contributed by atoms with E-state index in [9.17, 15) is 0 Å². The van der Waals surface area contributed by atoms with E-state index in [2.05, 4.69) is 26.8 Å². The standard InChI is InChI=1S/C10H10BrClN2/c1-3-5-14(4-2)10-9(11)6-8(12)7-13-10/h1,6-7H,4-5H2,2H3. The number of pyridine rings is 1. The van der Waals surface area contributed by atoms with Crippen LogP contribution in [-0.4, -0.2) is 18.1 Å². The van der Waals surface area contributed by atoms with Crippen LogP contribution in [0.4, 0.5) is 5.82 Å². The summed E-state index contributed by atoms with van der Waals surface area (Å²) in [6.45, 7) is 3.39. The highest BCUT2D eigenvalue weighted by atomic mass is 79.9. The van der Waals surface area contributed by atoms with E-state index in [-0.39, 0.29) is 0 Å². The fraction of sp³-hybridized carbons (Fsp3) is 0.300. The number of hydrogen-bond donors (Lipinski definition) is 0. The van der Waals surface area contributed by atoms with Gasteiger partial charge in [0.1, 0.15) is 5.82 Å². The Balaban J connectivity index is 2.99. The van der Waals surface area contributed by atoms with E-state index in [1.807, 2.05) is 17.9 Å². The lowest BCUT2D eigenvalue weighted by atomic mass is 10.4. The molecule has 0 aliphatic rings. The molecule has 0 spiro atoms. The Kier molecular flexibility index (Phi) is 4.24. The van der Waals surface area contributed by atoms with Crippen LogP contribution < -0.4 is 4.90 Å². The Labute approximate surface area is 97.4 Å².